The number of hydrogen-bond acceptors (Lipinski definition) is 6. The Morgan fingerprint density at radius 2 is 0.698 bits per heavy atom. The van der Waals surface area contributed by atoms with E-state index in [2.05, 4.69) is 81.5 Å². The van der Waals surface area contributed by atoms with Gasteiger partial charge in [-0.1, -0.05) is 206 Å². The molecule has 0 saturated heterocycles. The third kappa shape index (κ3) is 48.4. The van der Waals surface area contributed by atoms with Crippen molar-refractivity contribution in [3.8, 4) is 0 Å². The van der Waals surface area contributed by atoms with Crippen molar-refractivity contribution in [1.82, 2.24) is 0 Å². The van der Waals surface area contributed by atoms with E-state index in [0.29, 0.717) is 19.3 Å². The summed E-state index contributed by atoms with van der Waals surface area (Å²) in [5.74, 6) is -1.02. The zero-order valence-corrected chi connectivity index (χ0v) is 40.0. The van der Waals surface area contributed by atoms with Crippen LogP contribution in [0.1, 0.15) is 188 Å². The van der Waals surface area contributed by atoms with Crippen molar-refractivity contribution in [2.24, 2.45) is 0 Å². The summed E-state index contributed by atoms with van der Waals surface area (Å²) in [5.41, 5.74) is 0. The maximum atomic E-state index is 12.8. The molecule has 0 spiro atoms. The van der Waals surface area contributed by atoms with E-state index in [-0.39, 0.29) is 31.1 Å². The monoisotopic (exact) mass is 869 g/mol. The van der Waals surface area contributed by atoms with Gasteiger partial charge in [-0.3, -0.25) is 14.4 Å². The molecule has 6 heteroatoms. The van der Waals surface area contributed by atoms with Gasteiger partial charge in [-0.05, 0) is 96.3 Å². The van der Waals surface area contributed by atoms with Crippen LogP contribution >= 0.6 is 0 Å². The molecule has 0 N–H and O–H groups in total. The van der Waals surface area contributed by atoms with Crippen LogP contribution in [0.15, 0.2) is 134 Å². The van der Waals surface area contributed by atoms with E-state index < -0.39 is 6.10 Å². The molecule has 1 atom stereocenters. The van der Waals surface area contributed by atoms with Gasteiger partial charge in [0.2, 0.25) is 0 Å². The molecule has 1 unspecified atom stereocenters. The van der Waals surface area contributed by atoms with Gasteiger partial charge in [0.05, 0.1) is 0 Å². The molecule has 0 heterocycles. The molecular formula is C57H88O6. The Labute approximate surface area is 385 Å². The Bertz CT molecular complexity index is 1420. The minimum Gasteiger partial charge on any atom is -0.462 e. The second kappa shape index (κ2) is 50.2. The molecule has 0 amide bonds. The van der Waals surface area contributed by atoms with Gasteiger partial charge < -0.3 is 14.2 Å². The van der Waals surface area contributed by atoms with E-state index in [1.807, 2.05) is 72.9 Å². The van der Waals surface area contributed by atoms with Crippen molar-refractivity contribution >= 4 is 17.9 Å². The smallest absolute Gasteiger partial charge is 0.306 e. The second-order valence-electron chi connectivity index (χ2n) is 15.8. The molecule has 0 aliphatic rings. The molecule has 0 aromatic heterocycles. The highest BCUT2D eigenvalue weighted by molar-refractivity contribution is 5.71. The van der Waals surface area contributed by atoms with Gasteiger partial charge in [0.1, 0.15) is 13.2 Å². The lowest BCUT2D eigenvalue weighted by atomic mass is 10.1. The van der Waals surface area contributed by atoms with E-state index in [1.165, 1.54) is 51.4 Å². The SMILES string of the molecule is CC\C=C/C=C\C=C/C=C\C=C\C=C/C=C\CCCCCC(=O)OCC(COC(=O)CCCC/C=C\C/C=C\CC)OC(=O)CCCCCCCCC/C=C\C/C=C\CCCCC. The van der Waals surface area contributed by atoms with Crippen LogP contribution in [0, 0.1) is 0 Å². The van der Waals surface area contributed by atoms with Crippen LogP contribution in [0.2, 0.25) is 0 Å². The number of rotatable bonds is 42. The zero-order valence-electron chi connectivity index (χ0n) is 40.0. The number of allylic oxidation sites excluding steroid dienone is 22. The van der Waals surface area contributed by atoms with Gasteiger partial charge in [-0.25, -0.2) is 0 Å². The number of ether oxygens (including phenoxy) is 3. The van der Waals surface area contributed by atoms with Crippen molar-refractivity contribution in [1.29, 1.82) is 0 Å². The van der Waals surface area contributed by atoms with Gasteiger partial charge in [0.15, 0.2) is 6.10 Å². The van der Waals surface area contributed by atoms with Crippen LogP contribution in [0.5, 0.6) is 0 Å². The topological polar surface area (TPSA) is 78.9 Å². The summed E-state index contributed by atoms with van der Waals surface area (Å²) in [6.07, 6.45) is 70.1. The molecule has 6 nitrogen and oxygen atoms in total. The Hall–Kier alpha value is -4.45. The minimum atomic E-state index is -0.818. The summed E-state index contributed by atoms with van der Waals surface area (Å²) in [4.78, 5) is 37.8. The molecule has 0 aliphatic carbocycles. The highest BCUT2D eigenvalue weighted by Gasteiger charge is 2.19. The second-order valence-corrected chi connectivity index (χ2v) is 15.8. The number of esters is 3. The quantitative estimate of drug-likeness (QED) is 0.0200. The van der Waals surface area contributed by atoms with Crippen molar-refractivity contribution in [2.45, 2.75) is 194 Å². The summed E-state index contributed by atoms with van der Waals surface area (Å²) in [6, 6.07) is 0. The third-order valence-corrected chi connectivity index (χ3v) is 9.81. The fourth-order valence-electron chi connectivity index (χ4n) is 6.14. The van der Waals surface area contributed by atoms with Crippen LogP contribution in [0.25, 0.3) is 0 Å². The summed E-state index contributed by atoms with van der Waals surface area (Å²) >= 11 is 0. The predicted octanol–water partition coefficient (Wildman–Crippen LogP) is 16.3. The molecule has 0 radical (unpaired) electrons. The molecule has 0 rings (SSSR count). The van der Waals surface area contributed by atoms with E-state index in [4.69, 9.17) is 14.2 Å². The van der Waals surface area contributed by atoms with Gasteiger partial charge in [-0.15, -0.1) is 0 Å². The summed E-state index contributed by atoms with van der Waals surface area (Å²) in [5, 5.41) is 0. The van der Waals surface area contributed by atoms with E-state index >= 15 is 0 Å². The first-order valence-corrected chi connectivity index (χ1v) is 24.8. The van der Waals surface area contributed by atoms with Gasteiger partial charge in [0, 0.05) is 19.3 Å². The zero-order chi connectivity index (χ0) is 45.8. The molecule has 0 aliphatic heterocycles. The highest BCUT2D eigenvalue weighted by Crippen LogP contribution is 2.13. The molecule has 0 bridgehead atoms. The molecular weight excluding hydrogens is 781 g/mol. The van der Waals surface area contributed by atoms with E-state index in [0.717, 1.165) is 96.3 Å². The number of unbranched alkanes of at least 4 members (excludes halogenated alkanes) is 15. The van der Waals surface area contributed by atoms with E-state index in [1.54, 1.807) is 0 Å². The van der Waals surface area contributed by atoms with Crippen molar-refractivity contribution in [2.75, 3.05) is 13.2 Å². The van der Waals surface area contributed by atoms with Crippen molar-refractivity contribution < 1.29 is 28.6 Å². The summed E-state index contributed by atoms with van der Waals surface area (Å²) in [6.45, 7) is 6.24. The summed E-state index contributed by atoms with van der Waals surface area (Å²) in [7, 11) is 0. The predicted molar refractivity (Wildman–Crippen MR) is 269 cm³/mol. The molecule has 0 aromatic rings. The van der Waals surface area contributed by atoms with Gasteiger partial charge in [-0.2, -0.15) is 0 Å². The summed E-state index contributed by atoms with van der Waals surface area (Å²) < 4.78 is 16.7. The Kier molecular flexibility index (Phi) is 46.7. The number of hydrogen-bond donors (Lipinski definition) is 0. The van der Waals surface area contributed by atoms with Crippen molar-refractivity contribution in [3.05, 3.63) is 134 Å². The van der Waals surface area contributed by atoms with Crippen LogP contribution in [0.3, 0.4) is 0 Å². The number of carbonyl (C=O) groups excluding carboxylic acids is 3. The fourth-order valence-corrected chi connectivity index (χ4v) is 6.14. The van der Waals surface area contributed by atoms with Crippen LogP contribution in [0.4, 0.5) is 0 Å². The first-order chi connectivity index (χ1) is 31.0. The maximum Gasteiger partial charge on any atom is 0.306 e. The van der Waals surface area contributed by atoms with Crippen LogP contribution in [-0.4, -0.2) is 37.2 Å². The van der Waals surface area contributed by atoms with Gasteiger partial charge >= 0.3 is 17.9 Å². The van der Waals surface area contributed by atoms with E-state index in [9.17, 15) is 14.4 Å². The van der Waals surface area contributed by atoms with Crippen LogP contribution in [-0.2, 0) is 28.6 Å². The van der Waals surface area contributed by atoms with Crippen molar-refractivity contribution in [3.63, 3.8) is 0 Å². The Balaban J connectivity index is 4.50. The number of carbonyl (C=O) groups is 3. The normalized spacial score (nSPS) is 13.3. The Morgan fingerprint density at radius 1 is 0.349 bits per heavy atom. The fraction of sp³-hybridized carbons (Fsp3) is 0.561. The largest absolute Gasteiger partial charge is 0.462 e. The molecule has 0 fully saturated rings. The molecule has 63 heavy (non-hydrogen) atoms. The minimum absolute atomic E-state index is 0.119. The average molecular weight is 869 g/mol. The van der Waals surface area contributed by atoms with Crippen LogP contribution < -0.4 is 0 Å². The lowest BCUT2D eigenvalue weighted by Gasteiger charge is -2.18. The first-order valence-electron chi connectivity index (χ1n) is 24.8. The highest BCUT2D eigenvalue weighted by atomic mass is 16.6. The molecule has 352 valence electrons. The maximum absolute atomic E-state index is 12.8. The van der Waals surface area contributed by atoms with Gasteiger partial charge in [0.25, 0.3) is 0 Å². The molecule has 0 aromatic carbocycles. The molecule has 0 saturated carbocycles. The average Bonchev–Trinajstić information content (AvgIpc) is 3.28. The lowest BCUT2D eigenvalue weighted by Crippen LogP contribution is -2.30. The first kappa shape index (κ1) is 58.6. The third-order valence-electron chi connectivity index (χ3n) is 9.81. The standard InChI is InChI=1S/C57H88O6/c1-4-7-10-13-16-19-21-23-25-27-28-30-31-33-35-38-41-44-47-50-56(59)62-53-54(52-61-55(58)49-46-43-40-37-18-15-12-9-6-3)63-57(60)51-48-45-42-39-36-34-32-29-26-24-22-20-17-14-11-8-5-2/h7,9-10,12-13,16-21,23-28,30-31,33,35,37,54H,4-6,8,11,14-15,22,29,32,34,36,38-53H2,1-3H3/b10-7-,12-9-,16-13-,20-17-,21-19-,25-23-,26-24-,28-27+,31-30-,35-33-,37-18-. The Morgan fingerprint density at radius 3 is 1.19 bits per heavy atom. The lowest BCUT2D eigenvalue weighted by molar-refractivity contribution is -0.167.